The Morgan fingerprint density at radius 1 is 0.871 bits per heavy atom. The molecule has 1 amide bonds. The van der Waals surface area contributed by atoms with Crippen LogP contribution in [0.2, 0.25) is 0 Å². The first-order valence-corrected chi connectivity index (χ1v) is 9.42. The molecule has 9 heteroatoms. The van der Waals surface area contributed by atoms with Gasteiger partial charge in [0.2, 0.25) is 11.5 Å². The summed E-state index contributed by atoms with van der Waals surface area (Å²) in [5.41, 5.74) is 0.00440. The summed E-state index contributed by atoms with van der Waals surface area (Å²) in [6.07, 6.45) is -7.11. The molecule has 0 bridgehead atoms. The standard InChI is InChI=1S/C22H18F3NO5/c1-21(2)30-18(22(23,24)25)16(19(27)31-21)26-15(13-9-5-3-6-10-13)17(29-20(26)28)14-11-7-4-8-12-14/h3-12,15,17H,1-2H3/t15-,17+/m0/s1. The molecule has 31 heavy (non-hydrogen) atoms. The molecule has 0 aliphatic carbocycles. The van der Waals surface area contributed by atoms with Crippen molar-refractivity contribution in [3.63, 3.8) is 0 Å². The van der Waals surface area contributed by atoms with Crippen molar-refractivity contribution in [3.8, 4) is 0 Å². The monoisotopic (exact) mass is 433 g/mol. The van der Waals surface area contributed by atoms with E-state index in [0.29, 0.717) is 16.0 Å². The summed E-state index contributed by atoms with van der Waals surface area (Å²) in [4.78, 5) is 26.2. The van der Waals surface area contributed by atoms with Gasteiger partial charge in [-0.05, 0) is 11.1 Å². The molecule has 1 fully saturated rings. The number of halogens is 3. The summed E-state index contributed by atoms with van der Waals surface area (Å²) in [5, 5.41) is 0. The van der Waals surface area contributed by atoms with Crippen molar-refractivity contribution in [2.75, 3.05) is 0 Å². The van der Waals surface area contributed by atoms with Crippen LogP contribution in [0.3, 0.4) is 0 Å². The molecule has 1 saturated heterocycles. The average Bonchev–Trinajstić information content (AvgIpc) is 3.04. The first-order valence-electron chi connectivity index (χ1n) is 9.42. The normalized spacial score (nSPS) is 23.3. The van der Waals surface area contributed by atoms with Crippen LogP contribution >= 0.6 is 0 Å². The van der Waals surface area contributed by atoms with Crippen LogP contribution in [-0.4, -0.2) is 28.9 Å². The van der Waals surface area contributed by atoms with Crippen molar-refractivity contribution in [3.05, 3.63) is 83.2 Å². The zero-order valence-electron chi connectivity index (χ0n) is 16.6. The van der Waals surface area contributed by atoms with Crippen molar-refractivity contribution in [1.82, 2.24) is 4.90 Å². The fourth-order valence-electron chi connectivity index (χ4n) is 3.66. The van der Waals surface area contributed by atoms with Crippen LogP contribution in [0.4, 0.5) is 18.0 Å². The summed E-state index contributed by atoms with van der Waals surface area (Å²) < 4.78 is 57.1. The highest BCUT2D eigenvalue weighted by molar-refractivity contribution is 5.94. The third-order valence-corrected chi connectivity index (χ3v) is 4.85. The number of rotatable bonds is 3. The van der Waals surface area contributed by atoms with E-state index in [1.165, 1.54) is 13.8 Å². The van der Waals surface area contributed by atoms with Crippen molar-refractivity contribution in [2.45, 2.75) is 38.0 Å². The third kappa shape index (κ3) is 3.83. The number of nitrogens with zero attached hydrogens (tertiary/aromatic N) is 1. The lowest BCUT2D eigenvalue weighted by Gasteiger charge is -2.37. The zero-order chi connectivity index (χ0) is 22.4. The van der Waals surface area contributed by atoms with E-state index >= 15 is 0 Å². The van der Waals surface area contributed by atoms with Crippen LogP contribution in [0.5, 0.6) is 0 Å². The second kappa shape index (κ2) is 7.33. The molecule has 2 aromatic carbocycles. The van der Waals surface area contributed by atoms with Crippen LogP contribution in [0.25, 0.3) is 0 Å². The summed E-state index contributed by atoms with van der Waals surface area (Å²) in [5.74, 6) is -4.77. The number of carbonyl (C=O) groups is 2. The maximum absolute atomic E-state index is 13.9. The van der Waals surface area contributed by atoms with Gasteiger partial charge in [-0.2, -0.15) is 13.2 Å². The molecule has 2 heterocycles. The molecule has 0 spiro atoms. The maximum atomic E-state index is 13.9. The number of amides is 1. The Morgan fingerprint density at radius 3 is 1.97 bits per heavy atom. The van der Waals surface area contributed by atoms with Crippen molar-refractivity contribution in [2.24, 2.45) is 0 Å². The minimum atomic E-state index is -5.04. The smallest absolute Gasteiger partial charge is 0.445 e. The van der Waals surface area contributed by atoms with Gasteiger partial charge in [0.25, 0.3) is 0 Å². The first kappa shape index (κ1) is 20.8. The lowest BCUT2D eigenvalue weighted by molar-refractivity contribution is -0.242. The van der Waals surface area contributed by atoms with Gasteiger partial charge in [-0.1, -0.05) is 60.7 Å². The molecule has 2 aliphatic rings. The van der Waals surface area contributed by atoms with Crippen LogP contribution in [0.1, 0.15) is 37.1 Å². The number of hydrogen-bond donors (Lipinski definition) is 0. The number of benzene rings is 2. The maximum Gasteiger partial charge on any atom is 0.451 e. The van der Waals surface area contributed by atoms with E-state index < -0.39 is 47.6 Å². The van der Waals surface area contributed by atoms with Gasteiger partial charge in [0.15, 0.2) is 11.8 Å². The molecule has 0 saturated carbocycles. The van der Waals surface area contributed by atoms with E-state index in [0.717, 1.165) is 0 Å². The molecule has 2 atom stereocenters. The predicted molar refractivity (Wildman–Crippen MR) is 101 cm³/mol. The van der Waals surface area contributed by atoms with Gasteiger partial charge >= 0.3 is 18.2 Å². The third-order valence-electron chi connectivity index (χ3n) is 4.85. The Labute approximate surface area is 175 Å². The van der Waals surface area contributed by atoms with Crippen LogP contribution < -0.4 is 0 Å². The molecular weight excluding hydrogens is 415 g/mol. The second-order valence-corrected chi connectivity index (χ2v) is 7.51. The van der Waals surface area contributed by atoms with Gasteiger partial charge in [-0.15, -0.1) is 0 Å². The minimum absolute atomic E-state index is 0.480. The lowest BCUT2D eigenvalue weighted by atomic mass is 9.95. The van der Waals surface area contributed by atoms with E-state index in [4.69, 9.17) is 14.2 Å². The molecule has 2 aromatic rings. The summed E-state index contributed by atoms with van der Waals surface area (Å²) >= 11 is 0. The van der Waals surface area contributed by atoms with E-state index in [-0.39, 0.29) is 0 Å². The van der Waals surface area contributed by atoms with Crippen LogP contribution in [0, 0.1) is 0 Å². The Kier molecular flexibility index (Phi) is 4.91. The Bertz CT molecular complexity index is 1030. The summed E-state index contributed by atoms with van der Waals surface area (Å²) in [6.45, 7) is 2.36. The van der Waals surface area contributed by atoms with Gasteiger partial charge in [0, 0.05) is 13.8 Å². The molecule has 162 valence electrons. The van der Waals surface area contributed by atoms with E-state index in [2.05, 4.69) is 0 Å². The van der Waals surface area contributed by atoms with Crippen LogP contribution in [-0.2, 0) is 19.0 Å². The number of alkyl halides is 3. The van der Waals surface area contributed by atoms with Crippen molar-refractivity contribution < 1.29 is 37.0 Å². The zero-order valence-corrected chi connectivity index (χ0v) is 16.6. The first-order chi connectivity index (χ1) is 14.6. The number of esters is 1. The van der Waals surface area contributed by atoms with Crippen molar-refractivity contribution >= 4 is 12.1 Å². The largest absolute Gasteiger partial charge is 0.451 e. The number of allylic oxidation sites excluding steroid dienone is 1. The fraction of sp³-hybridized carbons (Fsp3) is 0.273. The lowest BCUT2D eigenvalue weighted by Crippen LogP contribution is -2.46. The SMILES string of the molecule is CC1(C)OC(=O)C(N2C(=O)O[C@H](c3ccccc3)[C@@H]2c2ccccc2)=C(C(F)(F)F)O1. The summed E-state index contributed by atoms with van der Waals surface area (Å²) in [6, 6.07) is 15.9. The Hall–Kier alpha value is -3.49. The van der Waals surface area contributed by atoms with Gasteiger partial charge in [0.1, 0.15) is 6.04 Å². The van der Waals surface area contributed by atoms with E-state index in [1.54, 1.807) is 60.7 Å². The number of carbonyl (C=O) groups excluding carboxylic acids is 2. The molecule has 0 N–H and O–H groups in total. The van der Waals surface area contributed by atoms with Crippen molar-refractivity contribution in [1.29, 1.82) is 0 Å². The Balaban J connectivity index is 1.91. The fourth-order valence-corrected chi connectivity index (χ4v) is 3.66. The van der Waals surface area contributed by atoms with Gasteiger partial charge in [0.05, 0.1) is 0 Å². The molecule has 2 aliphatic heterocycles. The van der Waals surface area contributed by atoms with Gasteiger partial charge in [-0.25, -0.2) is 9.59 Å². The molecule has 4 rings (SSSR count). The quantitative estimate of drug-likeness (QED) is 0.637. The number of cyclic esters (lactones) is 2. The summed E-state index contributed by atoms with van der Waals surface area (Å²) in [7, 11) is 0. The molecular formula is C22H18F3NO5. The topological polar surface area (TPSA) is 65.1 Å². The Morgan fingerprint density at radius 2 is 1.42 bits per heavy atom. The van der Waals surface area contributed by atoms with Gasteiger partial charge < -0.3 is 14.2 Å². The predicted octanol–water partition coefficient (Wildman–Crippen LogP) is 5.00. The molecule has 6 nitrogen and oxygen atoms in total. The number of ether oxygens (including phenoxy) is 3. The highest BCUT2D eigenvalue weighted by Gasteiger charge is 2.56. The molecule has 0 unspecified atom stereocenters. The van der Waals surface area contributed by atoms with Gasteiger partial charge in [-0.3, -0.25) is 4.90 Å². The minimum Gasteiger partial charge on any atom is -0.445 e. The molecule has 0 radical (unpaired) electrons. The average molecular weight is 433 g/mol. The highest BCUT2D eigenvalue weighted by Crippen LogP contribution is 2.48. The van der Waals surface area contributed by atoms with E-state index in [1.807, 2.05) is 0 Å². The number of hydrogen-bond acceptors (Lipinski definition) is 5. The van der Waals surface area contributed by atoms with Crippen LogP contribution in [0.15, 0.2) is 72.1 Å². The van der Waals surface area contributed by atoms with E-state index in [9.17, 15) is 22.8 Å². The highest BCUT2D eigenvalue weighted by atomic mass is 19.4. The molecule has 0 aromatic heterocycles. The second-order valence-electron chi connectivity index (χ2n) is 7.51.